The molecule has 0 aromatic carbocycles. The second-order valence-corrected chi connectivity index (χ2v) is 5.91. The van der Waals surface area contributed by atoms with Crippen LogP contribution in [0.2, 0.25) is 0 Å². The number of rotatable bonds is 16. The minimum absolute atomic E-state index is 0. The van der Waals surface area contributed by atoms with E-state index in [9.17, 15) is 4.79 Å². The van der Waals surface area contributed by atoms with E-state index < -0.39 is 0 Å². The Bertz CT molecular complexity index is 177. The van der Waals surface area contributed by atoms with Gasteiger partial charge < -0.3 is 10.9 Å². The van der Waals surface area contributed by atoms with Crippen LogP contribution in [0, 0.1) is 0 Å². The second-order valence-electron chi connectivity index (χ2n) is 5.91. The van der Waals surface area contributed by atoms with Gasteiger partial charge in [-0.3, -0.25) is 0 Å². The van der Waals surface area contributed by atoms with Gasteiger partial charge in [-0.25, -0.2) is 0 Å². The molecular formula is C18H40NNaO. The number of hydrogen-bond acceptors (Lipinski definition) is 2. The quantitative estimate of drug-likeness (QED) is 0.217. The fourth-order valence-corrected chi connectivity index (χ4v) is 2.60. The zero-order valence-corrected chi connectivity index (χ0v) is 14.0. The molecule has 3 heteroatoms. The van der Waals surface area contributed by atoms with Crippen LogP contribution in [0.4, 0.5) is 0 Å². The average molecular weight is 310 g/mol. The summed E-state index contributed by atoms with van der Waals surface area (Å²) in [6, 6.07) is 0. The maximum absolute atomic E-state index is 10.1. The van der Waals surface area contributed by atoms with Gasteiger partial charge in [-0.1, -0.05) is 96.8 Å². The van der Waals surface area contributed by atoms with Crippen LogP contribution in [0.5, 0.6) is 0 Å². The molecule has 0 saturated carbocycles. The molecule has 0 unspecified atom stereocenters. The van der Waals surface area contributed by atoms with E-state index in [-0.39, 0.29) is 35.7 Å². The zero-order valence-electron chi connectivity index (χ0n) is 14.0. The van der Waals surface area contributed by atoms with E-state index >= 15 is 0 Å². The first-order chi connectivity index (χ1) is 9.41. The van der Waals surface area contributed by atoms with Crippen LogP contribution in [-0.2, 0) is 4.79 Å². The molecule has 3 N–H and O–H groups in total. The Morgan fingerprint density at radius 2 is 0.857 bits per heavy atom. The molecule has 0 aliphatic rings. The van der Waals surface area contributed by atoms with Crippen LogP contribution in [0.15, 0.2) is 0 Å². The molecule has 0 aromatic rings. The summed E-state index contributed by atoms with van der Waals surface area (Å²) in [7, 11) is 0. The van der Waals surface area contributed by atoms with E-state index in [1.807, 2.05) is 0 Å². The Hall–Kier alpha value is 0.630. The van der Waals surface area contributed by atoms with Crippen molar-refractivity contribution in [1.82, 2.24) is 6.15 Å². The average Bonchev–Trinajstić information content (AvgIpc) is 2.43. The third-order valence-corrected chi connectivity index (χ3v) is 3.93. The molecule has 0 bridgehead atoms. The van der Waals surface area contributed by atoms with Crippen LogP contribution in [0.25, 0.3) is 0 Å². The summed E-state index contributed by atoms with van der Waals surface area (Å²) in [6.45, 7) is 2.28. The van der Waals surface area contributed by atoms with Gasteiger partial charge in [0.05, 0.1) is 0 Å². The Kier molecular flexibility index (Phi) is 32.3. The van der Waals surface area contributed by atoms with Crippen molar-refractivity contribution in [3.05, 3.63) is 0 Å². The molecule has 0 aromatic heterocycles. The van der Waals surface area contributed by atoms with Crippen molar-refractivity contribution in [2.45, 2.75) is 110 Å². The van der Waals surface area contributed by atoms with Gasteiger partial charge >= 0.3 is 29.6 Å². The van der Waals surface area contributed by atoms with Gasteiger partial charge in [0.25, 0.3) is 0 Å². The fourth-order valence-electron chi connectivity index (χ4n) is 2.60. The standard InChI is InChI=1S/C18H36O.H3N.Na.H/c1-2-3-4-5-6-7-8-9-10-11-12-13-14-15-16-17-18-19;;;/h18H,2-17H2,1H3;1H3;;. The number of carbonyl (C=O) groups is 1. The van der Waals surface area contributed by atoms with E-state index in [0.29, 0.717) is 0 Å². The van der Waals surface area contributed by atoms with Gasteiger partial charge in [0, 0.05) is 6.42 Å². The molecular weight excluding hydrogens is 269 g/mol. The van der Waals surface area contributed by atoms with E-state index in [0.717, 1.165) is 19.1 Å². The molecule has 0 atom stereocenters. The first-order valence-electron chi connectivity index (χ1n) is 8.85. The molecule has 0 radical (unpaired) electrons. The number of unbranched alkanes of at least 4 members (excludes halogenated alkanes) is 15. The predicted molar refractivity (Wildman–Crippen MR) is 97.8 cm³/mol. The van der Waals surface area contributed by atoms with Gasteiger partial charge in [0.1, 0.15) is 6.29 Å². The summed E-state index contributed by atoms with van der Waals surface area (Å²) in [6.07, 6.45) is 22.6. The van der Waals surface area contributed by atoms with Crippen molar-refractivity contribution < 1.29 is 4.79 Å². The molecule has 0 saturated heterocycles. The van der Waals surface area contributed by atoms with Crippen molar-refractivity contribution in [3.63, 3.8) is 0 Å². The molecule has 0 aliphatic carbocycles. The molecule has 2 nitrogen and oxygen atoms in total. The third-order valence-electron chi connectivity index (χ3n) is 3.93. The Morgan fingerprint density at radius 3 is 1.14 bits per heavy atom. The summed E-state index contributed by atoms with van der Waals surface area (Å²) in [5.41, 5.74) is 0. The normalized spacial score (nSPS) is 9.76. The third kappa shape index (κ3) is 25.9. The van der Waals surface area contributed by atoms with Gasteiger partial charge in [-0.15, -0.1) is 0 Å². The van der Waals surface area contributed by atoms with Crippen LogP contribution >= 0.6 is 0 Å². The van der Waals surface area contributed by atoms with Crippen LogP contribution in [0.1, 0.15) is 110 Å². The van der Waals surface area contributed by atoms with E-state index in [4.69, 9.17) is 0 Å². The molecule has 0 amide bonds. The molecule has 21 heavy (non-hydrogen) atoms. The maximum atomic E-state index is 10.1. The van der Waals surface area contributed by atoms with Crippen LogP contribution in [-0.4, -0.2) is 35.8 Å². The van der Waals surface area contributed by atoms with Crippen molar-refractivity contribution in [1.29, 1.82) is 0 Å². The van der Waals surface area contributed by atoms with E-state index in [1.165, 1.54) is 89.9 Å². The number of hydrogen-bond donors (Lipinski definition) is 1. The van der Waals surface area contributed by atoms with Crippen molar-refractivity contribution in [3.8, 4) is 0 Å². The van der Waals surface area contributed by atoms with Crippen LogP contribution in [0.3, 0.4) is 0 Å². The van der Waals surface area contributed by atoms with E-state index in [1.54, 1.807) is 0 Å². The zero-order chi connectivity index (χ0) is 14.0. The first kappa shape index (κ1) is 26.5. The van der Waals surface area contributed by atoms with Gasteiger partial charge in [0.15, 0.2) is 0 Å². The summed E-state index contributed by atoms with van der Waals surface area (Å²) < 4.78 is 0. The minimum atomic E-state index is 0. The Balaban J connectivity index is -0.00000162. The summed E-state index contributed by atoms with van der Waals surface area (Å²) in [5.74, 6) is 0. The summed E-state index contributed by atoms with van der Waals surface area (Å²) in [5, 5.41) is 0. The van der Waals surface area contributed by atoms with Gasteiger partial charge in [-0.05, 0) is 6.42 Å². The molecule has 0 aliphatic heterocycles. The molecule has 0 heterocycles. The molecule has 0 spiro atoms. The summed E-state index contributed by atoms with van der Waals surface area (Å²) >= 11 is 0. The van der Waals surface area contributed by atoms with Crippen molar-refractivity contribution in [2.24, 2.45) is 0 Å². The Morgan fingerprint density at radius 1 is 0.571 bits per heavy atom. The van der Waals surface area contributed by atoms with Crippen molar-refractivity contribution in [2.75, 3.05) is 0 Å². The predicted octanol–water partition coefficient (Wildman–Crippen LogP) is 5.96. The SMILES string of the molecule is CCCCCCCCCCCCCCCCCC=O.N.[NaH]. The molecule has 0 fully saturated rings. The van der Waals surface area contributed by atoms with Gasteiger partial charge in [-0.2, -0.15) is 0 Å². The second kappa shape index (κ2) is 25.6. The monoisotopic (exact) mass is 309 g/mol. The number of carbonyl (C=O) groups excluding carboxylic acids is 1. The van der Waals surface area contributed by atoms with E-state index in [2.05, 4.69) is 6.92 Å². The fraction of sp³-hybridized carbons (Fsp3) is 0.944. The first-order valence-corrected chi connectivity index (χ1v) is 8.85. The van der Waals surface area contributed by atoms with Crippen molar-refractivity contribution >= 4 is 35.8 Å². The Labute approximate surface area is 156 Å². The summed E-state index contributed by atoms with van der Waals surface area (Å²) in [4.78, 5) is 10.1. The molecule has 124 valence electrons. The van der Waals surface area contributed by atoms with Gasteiger partial charge in [0.2, 0.25) is 0 Å². The topological polar surface area (TPSA) is 52.1 Å². The molecule has 0 rings (SSSR count). The number of aldehydes is 1. The van der Waals surface area contributed by atoms with Crippen LogP contribution < -0.4 is 6.15 Å².